The van der Waals surface area contributed by atoms with Gasteiger partial charge in [-0.15, -0.1) is 0 Å². The summed E-state index contributed by atoms with van der Waals surface area (Å²) in [5, 5.41) is 0. The Labute approximate surface area is 189 Å². The van der Waals surface area contributed by atoms with Crippen LogP contribution in [0.2, 0.25) is 0 Å². The Bertz CT molecular complexity index is 1100. The predicted octanol–water partition coefficient (Wildman–Crippen LogP) is 3.02. The van der Waals surface area contributed by atoms with Gasteiger partial charge in [0.15, 0.2) is 0 Å². The van der Waals surface area contributed by atoms with E-state index in [9.17, 15) is 17.6 Å². The molecule has 4 rings (SSSR count). The number of carbonyl (C=O) groups excluding carboxylic acids is 1. The number of nitrogens with zero attached hydrogens (tertiary/aromatic N) is 2. The van der Waals surface area contributed by atoms with Crippen LogP contribution in [-0.4, -0.2) is 62.9 Å². The second-order valence-corrected chi connectivity index (χ2v) is 10.6. The normalized spacial score (nSPS) is 19.7. The summed E-state index contributed by atoms with van der Waals surface area (Å²) in [6.45, 7) is 5.79. The fourth-order valence-electron chi connectivity index (χ4n) is 4.59. The Morgan fingerprint density at radius 1 is 0.969 bits per heavy atom. The third-order valence-corrected chi connectivity index (χ3v) is 8.67. The molecule has 2 fully saturated rings. The summed E-state index contributed by atoms with van der Waals surface area (Å²) in [7, 11) is -3.62. The summed E-state index contributed by atoms with van der Waals surface area (Å²) in [5.41, 5.74) is 1.79. The first-order valence-electron chi connectivity index (χ1n) is 10.9. The number of ether oxygens (including phenoxy) is 1. The number of benzene rings is 2. The molecule has 0 spiro atoms. The van der Waals surface area contributed by atoms with Gasteiger partial charge in [-0.1, -0.05) is 18.2 Å². The van der Waals surface area contributed by atoms with E-state index in [1.165, 1.54) is 16.4 Å². The number of rotatable bonds is 4. The second-order valence-electron chi connectivity index (χ2n) is 8.65. The molecule has 6 nitrogen and oxygen atoms in total. The summed E-state index contributed by atoms with van der Waals surface area (Å²) in [6, 6.07) is 11.4. The minimum absolute atomic E-state index is 0.0744. The highest BCUT2D eigenvalue weighted by molar-refractivity contribution is 7.89. The fraction of sp³-hybridized carbons (Fsp3) is 0.458. The molecule has 2 heterocycles. The summed E-state index contributed by atoms with van der Waals surface area (Å²) in [6.07, 6.45) is 0.965. The minimum atomic E-state index is -3.62. The van der Waals surface area contributed by atoms with Crippen molar-refractivity contribution >= 4 is 15.9 Å². The zero-order valence-electron chi connectivity index (χ0n) is 18.5. The Kier molecular flexibility index (Phi) is 6.38. The van der Waals surface area contributed by atoms with E-state index >= 15 is 0 Å². The standard InChI is InChI=1S/C24H29FN2O4S/c1-18-6-7-22(16-19(18)2)32(29,30)27-12-10-26(11-13-27)23(28)24(8-14-31-15-9-24)20-4-3-5-21(25)17-20/h3-7,16-17H,8-15H2,1-2H3. The Morgan fingerprint density at radius 3 is 2.28 bits per heavy atom. The van der Waals surface area contributed by atoms with Gasteiger partial charge in [-0.05, 0) is 67.6 Å². The Morgan fingerprint density at radius 2 is 1.66 bits per heavy atom. The molecule has 0 unspecified atom stereocenters. The first-order chi connectivity index (χ1) is 15.2. The molecule has 2 aliphatic heterocycles. The highest BCUT2D eigenvalue weighted by Crippen LogP contribution is 2.37. The van der Waals surface area contributed by atoms with Crippen molar-refractivity contribution in [3.63, 3.8) is 0 Å². The molecule has 0 bridgehead atoms. The Balaban J connectivity index is 1.52. The number of sulfonamides is 1. The third-order valence-electron chi connectivity index (χ3n) is 6.77. The first kappa shape index (κ1) is 22.9. The third kappa shape index (κ3) is 4.19. The summed E-state index contributed by atoms with van der Waals surface area (Å²) in [5.74, 6) is -0.444. The van der Waals surface area contributed by atoms with Gasteiger partial charge in [-0.3, -0.25) is 4.79 Å². The number of aryl methyl sites for hydroxylation is 2. The largest absolute Gasteiger partial charge is 0.381 e. The number of carbonyl (C=O) groups is 1. The first-order valence-corrected chi connectivity index (χ1v) is 12.4. The maximum absolute atomic E-state index is 14.0. The van der Waals surface area contributed by atoms with Crippen molar-refractivity contribution < 1.29 is 22.3 Å². The zero-order valence-corrected chi connectivity index (χ0v) is 19.3. The molecule has 0 N–H and O–H groups in total. The van der Waals surface area contributed by atoms with E-state index in [2.05, 4.69) is 0 Å². The van der Waals surface area contributed by atoms with Gasteiger partial charge < -0.3 is 9.64 Å². The molecule has 0 aliphatic carbocycles. The van der Waals surface area contributed by atoms with E-state index < -0.39 is 15.4 Å². The minimum Gasteiger partial charge on any atom is -0.381 e. The van der Waals surface area contributed by atoms with Crippen molar-refractivity contribution in [1.29, 1.82) is 0 Å². The van der Waals surface area contributed by atoms with Crippen LogP contribution in [0.5, 0.6) is 0 Å². The average molecular weight is 461 g/mol. The highest BCUT2D eigenvalue weighted by Gasteiger charge is 2.45. The van der Waals surface area contributed by atoms with Crippen LogP contribution in [0, 0.1) is 19.7 Å². The van der Waals surface area contributed by atoms with Crippen molar-refractivity contribution in [2.75, 3.05) is 39.4 Å². The lowest BCUT2D eigenvalue weighted by Crippen LogP contribution is -2.56. The maximum Gasteiger partial charge on any atom is 0.243 e. The quantitative estimate of drug-likeness (QED) is 0.704. The number of hydrogen-bond donors (Lipinski definition) is 0. The lowest BCUT2D eigenvalue weighted by Gasteiger charge is -2.42. The molecular formula is C24H29FN2O4S. The van der Waals surface area contributed by atoms with Crippen molar-refractivity contribution in [2.24, 2.45) is 0 Å². The van der Waals surface area contributed by atoms with Gasteiger partial charge in [0.25, 0.3) is 0 Å². The van der Waals surface area contributed by atoms with Crippen molar-refractivity contribution in [2.45, 2.75) is 37.0 Å². The topological polar surface area (TPSA) is 66.9 Å². The SMILES string of the molecule is Cc1ccc(S(=O)(=O)N2CCN(C(=O)C3(c4cccc(F)c4)CCOCC3)CC2)cc1C. The molecule has 2 aliphatic rings. The van der Waals surface area contributed by atoms with E-state index in [4.69, 9.17) is 4.74 Å². The molecule has 0 saturated carbocycles. The van der Waals surface area contributed by atoms with E-state index in [0.29, 0.717) is 44.7 Å². The van der Waals surface area contributed by atoms with Crippen LogP contribution in [0.15, 0.2) is 47.4 Å². The van der Waals surface area contributed by atoms with Gasteiger partial charge in [-0.25, -0.2) is 12.8 Å². The van der Waals surface area contributed by atoms with Crippen LogP contribution in [0.1, 0.15) is 29.5 Å². The molecule has 2 aromatic rings. The van der Waals surface area contributed by atoms with Crippen LogP contribution in [0.4, 0.5) is 4.39 Å². The molecule has 1 amide bonds. The van der Waals surface area contributed by atoms with Crippen LogP contribution >= 0.6 is 0 Å². The number of hydrogen-bond acceptors (Lipinski definition) is 4. The summed E-state index contributed by atoms with van der Waals surface area (Å²) >= 11 is 0. The predicted molar refractivity (Wildman–Crippen MR) is 119 cm³/mol. The van der Waals surface area contributed by atoms with Crippen molar-refractivity contribution in [3.8, 4) is 0 Å². The zero-order chi connectivity index (χ0) is 22.9. The average Bonchev–Trinajstić information content (AvgIpc) is 2.81. The van der Waals surface area contributed by atoms with E-state index in [1.54, 1.807) is 29.2 Å². The highest BCUT2D eigenvalue weighted by atomic mass is 32.2. The molecule has 2 saturated heterocycles. The lowest BCUT2D eigenvalue weighted by atomic mass is 9.73. The number of amides is 1. The monoisotopic (exact) mass is 460 g/mol. The van der Waals surface area contributed by atoms with Crippen LogP contribution in [0.25, 0.3) is 0 Å². The smallest absolute Gasteiger partial charge is 0.243 e. The van der Waals surface area contributed by atoms with Gasteiger partial charge in [0.1, 0.15) is 5.82 Å². The second kappa shape index (κ2) is 8.92. The van der Waals surface area contributed by atoms with Crippen LogP contribution in [-0.2, 0) is 25.0 Å². The van der Waals surface area contributed by atoms with Crippen molar-refractivity contribution in [1.82, 2.24) is 9.21 Å². The number of piperazine rings is 1. The molecule has 8 heteroatoms. The van der Waals surface area contributed by atoms with Crippen LogP contribution < -0.4 is 0 Å². The van der Waals surface area contributed by atoms with Gasteiger partial charge in [0.2, 0.25) is 15.9 Å². The molecule has 2 aromatic carbocycles. The molecule has 0 atom stereocenters. The lowest BCUT2D eigenvalue weighted by molar-refractivity contribution is -0.142. The Hall–Kier alpha value is -2.29. The van der Waals surface area contributed by atoms with Gasteiger partial charge in [-0.2, -0.15) is 4.31 Å². The molecule has 0 radical (unpaired) electrons. The van der Waals surface area contributed by atoms with Gasteiger partial charge in [0, 0.05) is 39.4 Å². The van der Waals surface area contributed by atoms with Crippen LogP contribution in [0.3, 0.4) is 0 Å². The molecular weight excluding hydrogens is 431 g/mol. The summed E-state index contributed by atoms with van der Waals surface area (Å²) in [4.78, 5) is 15.7. The van der Waals surface area contributed by atoms with Crippen molar-refractivity contribution in [3.05, 3.63) is 65.0 Å². The van der Waals surface area contributed by atoms with E-state index in [0.717, 1.165) is 11.1 Å². The van der Waals surface area contributed by atoms with E-state index in [1.807, 2.05) is 19.9 Å². The van der Waals surface area contributed by atoms with Gasteiger partial charge in [0.05, 0.1) is 10.3 Å². The number of halogens is 1. The molecule has 172 valence electrons. The van der Waals surface area contributed by atoms with E-state index in [-0.39, 0.29) is 29.7 Å². The molecule has 32 heavy (non-hydrogen) atoms. The fourth-order valence-corrected chi connectivity index (χ4v) is 6.10. The molecule has 0 aromatic heterocycles. The summed E-state index contributed by atoms with van der Waals surface area (Å²) < 4.78 is 47.1. The maximum atomic E-state index is 14.0. The van der Waals surface area contributed by atoms with Gasteiger partial charge >= 0.3 is 0 Å².